The van der Waals surface area contributed by atoms with Crippen LogP contribution in [0.5, 0.6) is 0 Å². The number of para-hydroxylation sites is 1. The number of carbonyl (C=O) groups is 3. The molecule has 1 fully saturated rings. The van der Waals surface area contributed by atoms with Gasteiger partial charge in [-0.3, -0.25) is 14.4 Å². The third-order valence-corrected chi connectivity index (χ3v) is 7.87. The summed E-state index contributed by atoms with van der Waals surface area (Å²) in [6.07, 6.45) is 3.14. The summed E-state index contributed by atoms with van der Waals surface area (Å²) in [6.45, 7) is 4.00. The van der Waals surface area contributed by atoms with Gasteiger partial charge in [0.1, 0.15) is 12.1 Å². The van der Waals surface area contributed by atoms with Gasteiger partial charge in [0.2, 0.25) is 11.8 Å². The van der Waals surface area contributed by atoms with Crippen LogP contribution in [0.25, 0.3) is 10.9 Å². The first-order chi connectivity index (χ1) is 17.0. The van der Waals surface area contributed by atoms with Gasteiger partial charge < -0.3 is 20.5 Å². The lowest BCUT2D eigenvalue weighted by molar-refractivity contribution is -0.133. The fourth-order valence-electron chi connectivity index (χ4n) is 5.61. The van der Waals surface area contributed by atoms with E-state index in [1.807, 2.05) is 56.3 Å². The van der Waals surface area contributed by atoms with Crippen molar-refractivity contribution in [3.8, 4) is 0 Å². The SMILES string of the molecule is CCC(C)[C@H](NC(=O)[C@@H]1Cc2c([nH]c3ccccc23)C2c3ccccc3C(=O)N21)C(=O)NC1CC1. The number of H-pyrrole nitrogens is 1. The highest BCUT2D eigenvalue weighted by molar-refractivity contribution is 6.04. The number of rotatable bonds is 6. The molecule has 7 heteroatoms. The number of nitrogens with one attached hydrogen (secondary N) is 3. The Hall–Kier alpha value is -3.61. The number of carbonyl (C=O) groups excluding carboxylic acids is 3. The Morgan fingerprint density at radius 2 is 1.86 bits per heavy atom. The summed E-state index contributed by atoms with van der Waals surface area (Å²) in [5.74, 6) is -0.570. The Morgan fingerprint density at radius 3 is 2.63 bits per heavy atom. The van der Waals surface area contributed by atoms with Crippen LogP contribution in [-0.2, 0) is 16.0 Å². The highest BCUT2D eigenvalue weighted by Gasteiger charge is 2.49. The number of hydrogen-bond donors (Lipinski definition) is 3. The van der Waals surface area contributed by atoms with Gasteiger partial charge in [-0.15, -0.1) is 0 Å². The molecule has 1 aromatic heterocycles. The second-order valence-corrected chi connectivity index (χ2v) is 10.1. The molecule has 2 aliphatic heterocycles. The van der Waals surface area contributed by atoms with Crippen molar-refractivity contribution in [2.24, 2.45) is 5.92 Å². The lowest BCUT2D eigenvalue weighted by Gasteiger charge is -2.38. The maximum absolute atomic E-state index is 13.8. The molecular formula is C28H30N4O3. The minimum atomic E-state index is -0.702. The average Bonchev–Trinajstić information content (AvgIpc) is 3.54. The zero-order chi connectivity index (χ0) is 24.3. The molecule has 3 amide bonds. The highest BCUT2D eigenvalue weighted by Crippen LogP contribution is 2.46. The molecule has 1 aliphatic carbocycles. The molecule has 3 N–H and O–H groups in total. The number of aromatic nitrogens is 1. The summed E-state index contributed by atoms with van der Waals surface area (Å²) in [5.41, 5.74) is 4.57. The first-order valence-electron chi connectivity index (χ1n) is 12.6. The lowest BCUT2D eigenvalue weighted by atomic mass is 9.89. The fraction of sp³-hybridized carbons (Fsp3) is 0.393. The van der Waals surface area contributed by atoms with E-state index in [1.165, 1.54) is 0 Å². The summed E-state index contributed by atoms with van der Waals surface area (Å²) in [5, 5.41) is 7.16. The summed E-state index contributed by atoms with van der Waals surface area (Å²) in [4.78, 5) is 45.7. The average molecular weight is 471 g/mol. The molecular weight excluding hydrogens is 440 g/mol. The first-order valence-corrected chi connectivity index (χ1v) is 12.6. The van der Waals surface area contributed by atoms with Gasteiger partial charge in [-0.2, -0.15) is 0 Å². The Bertz CT molecular complexity index is 1340. The van der Waals surface area contributed by atoms with Gasteiger partial charge >= 0.3 is 0 Å². The van der Waals surface area contributed by atoms with Crippen molar-refractivity contribution in [3.63, 3.8) is 0 Å². The van der Waals surface area contributed by atoms with E-state index in [4.69, 9.17) is 0 Å². The molecule has 0 bridgehead atoms. The van der Waals surface area contributed by atoms with Crippen molar-refractivity contribution in [3.05, 3.63) is 70.9 Å². The normalized spacial score (nSPS) is 22.2. The molecule has 35 heavy (non-hydrogen) atoms. The standard InChI is InChI=1S/C28H30N4O3/c1-3-15(2)23(27(34)29-16-12-13-16)31-26(33)22-14-20-17-8-6-7-11-21(17)30-24(20)25-18-9-4-5-10-19(18)28(35)32(22)25/h4-11,15-16,22-23,25,30H,3,12-14H2,1-2H3,(H,29,34)(H,31,33)/t15?,22-,23-,25?/m0/s1. The number of amides is 3. The number of nitrogens with zero attached hydrogens (tertiary/aromatic N) is 1. The van der Waals surface area contributed by atoms with Crippen LogP contribution in [0.1, 0.15) is 66.3 Å². The fourth-order valence-corrected chi connectivity index (χ4v) is 5.61. The smallest absolute Gasteiger partial charge is 0.255 e. The monoisotopic (exact) mass is 470 g/mol. The predicted octanol–water partition coefficient (Wildman–Crippen LogP) is 3.45. The topological polar surface area (TPSA) is 94.3 Å². The quantitative estimate of drug-likeness (QED) is 0.515. The van der Waals surface area contributed by atoms with Crippen molar-refractivity contribution >= 4 is 28.6 Å². The number of benzene rings is 2. The van der Waals surface area contributed by atoms with E-state index in [0.717, 1.165) is 47.0 Å². The van der Waals surface area contributed by atoms with Gasteiger partial charge in [0.15, 0.2) is 0 Å². The molecule has 2 unspecified atom stereocenters. The molecule has 2 aromatic carbocycles. The first kappa shape index (κ1) is 21.9. The predicted molar refractivity (Wildman–Crippen MR) is 133 cm³/mol. The Balaban J connectivity index is 1.39. The minimum absolute atomic E-state index is 0.0211. The van der Waals surface area contributed by atoms with Crippen LogP contribution in [0, 0.1) is 5.92 Å². The van der Waals surface area contributed by atoms with Gasteiger partial charge in [-0.25, -0.2) is 0 Å². The minimum Gasteiger partial charge on any atom is -0.356 e. The maximum Gasteiger partial charge on any atom is 0.255 e. The summed E-state index contributed by atoms with van der Waals surface area (Å²) < 4.78 is 0. The van der Waals surface area contributed by atoms with Gasteiger partial charge in [0.25, 0.3) is 5.91 Å². The van der Waals surface area contributed by atoms with Crippen molar-refractivity contribution in [1.82, 2.24) is 20.5 Å². The third-order valence-electron chi connectivity index (χ3n) is 7.87. The van der Waals surface area contributed by atoms with E-state index in [0.29, 0.717) is 12.0 Å². The summed E-state index contributed by atoms with van der Waals surface area (Å²) in [7, 11) is 0. The van der Waals surface area contributed by atoms with E-state index < -0.39 is 12.1 Å². The molecule has 3 heterocycles. The van der Waals surface area contributed by atoms with Crippen molar-refractivity contribution in [2.75, 3.05) is 0 Å². The Kier molecular flexibility index (Phi) is 5.16. The molecule has 180 valence electrons. The van der Waals surface area contributed by atoms with Crippen LogP contribution < -0.4 is 10.6 Å². The van der Waals surface area contributed by atoms with Crippen molar-refractivity contribution < 1.29 is 14.4 Å². The van der Waals surface area contributed by atoms with Crippen LogP contribution in [-0.4, -0.2) is 45.7 Å². The van der Waals surface area contributed by atoms with Gasteiger partial charge in [0, 0.05) is 34.6 Å². The molecule has 3 aliphatic rings. The molecule has 0 saturated heterocycles. The van der Waals surface area contributed by atoms with Crippen LogP contribution in [0.3, 0.4) is 0 Å². The van der Waals surface area contributed by atoms with Crippen molar-refractivity contribution in [1.29, 1.82) is 0 Å². The largest absolute Gasteiger partial charge is 0.356 e. The molecule has 3 aromatic rings. The van der Waals surface area contributed by atoms with Crippen LogP contribution in [0.4, 0.5) is 0 Å². The maximum atomic E-state index is 13.8. The molecule has 6 rings (SSSR count). The summed E-state index contributed by atoms with van der Waals surface area (Å²) in [6, 6.07) is 14.2. The van der Waals surface area contributed by atoms with E-state index in [1.54, 1.807) is 4.90 Å². The van der Waals surface area contributed by atoms with E-state index >= 15 is 0 Å². The van der Waals surface area contributed by atoms with Crippen LogP contribution in [0.15, 0.2) is 48.5 Å². The molecule has 0 radical (unpaired) electrons. The van der Waals surface area contributed by atoms with E-state index in [-0.39, 0.29) is 35.7 Å². The molecule has 7 nitrogen and oxygen atoms in total. The second kappa shape index (κ2) is 8.26. The third kappa shape index (κ3) is 3.52. The summed E-state index contributed by atoms with van der Waals surface area (Å²) >= 11 is 0. The molecule has 1 saturated carbocycles. The molecule has 4 atom stereocenters. The highest BCUT2D eigenvalue weighted by atomic mass is 16.2. The van der Waals surface area contributed by atoms with Crippen LogP contribution in [0.2, 0.25) is 0 Å². The van der Waals surface area contributed by atoms with Crippen molar-refractivity contribution in [2.45, 2.75) is 63.7 Å². The lowest BCUT2D eigenvalue weighted by Crippen LogP contribution is -2.58. The number of aromatic amines is 1. The zero-order valence-electron chi connectivity index (χ0n) is 20.0. The Labute approximate surface area is 204 Å². The number of hydrogen-bond acceptors (Lipinski definition) is 3. The van der Waals surface area contributed by atoms with E-state index in [2.05, 4.69) is 21.7 Å². The zero-order valence-corrected chi connectivity index (χ0v) is 20.0. The van der Waals surface area contributed by atoms with Gasteiger partial charge in [0.05, 0.1) is 6.04 Å². The molecule has 0 spiro atoms. The van der Waals surface area contributed by atoms with Crippen LogP contribution >= 0.6 is 0 Å². The number of fused-ring (bicyclic) bond motifs is 7. The van der Waals surface area contributed by atoms with E-state index in [9.17, 15) is 14.4 Å². The second-order valence-electron chi connectivity index (χ2n) is 10.1. The Morgan fingerprint density at radius 1 is 1.11 bits per heavy atom. The van der Waals surface area contributed by atoms with Gasteiger partial charge in [-0.05, 0) is 42.0 Å². The van der Waals surface area contributed by atoms with Gasteiger partial charge in [-0.1, -0.05) is 56.7 Å².